The molecule has 142 valence electrons. The SMILES string of the molecule is Cc1ccc(C2=N[C@@H](c3ccccc3C)N[C@@H](c3cc(Br)ccc3O)C2)cc1. The number of hydrogen-bond donors (Lipinski definition) is 2. The van der Waals surface area contributed by atoms with Crippen molar-refractivity contribution in [1.82, 2.24) is 5.32 Å². The highest BCUT2D eigenvalue weighted by Crippen LogP contribution is 2.36. The molecule has 3 aromatic rings. The maximum Gasteiger partial charge on any atom is 0.126 e. The quantitative estimate of drug-likeness (QED) is 0.531. The van der Waals surface area contributed by atoms with E-state index in [4.69, 9.17) is 4.99 Å². The van der Waals surface area contributed by atoms with Crippen LogP contribution in [0.1, 0.15) is 46.4 Å². The molecule has 1 aliphatic heterocycles. The van der Waals surface area contributed by atoms with Crippen molar-refractivity contribution in [3.05, 3.63) is 99.0 Å². The molecule has 1 aliphatic rings. The third-order valence-corrected chi connectivity index (χ3v) is 5.77. The molecular weight excluding hydrogens is 412 g/mol. The van der Waals surface area contributed by atoms with Crippen molar-refractivity contribution in [2.24, 2.45) is 4.99 Å². The summed E-state index contributed by atoms with van der Waals surface area (Å²) in [6.07, 6.45) is 0.560. The second-order valence-corrected chi connectivity index (χ2v) is 8.24. The van der Waals surface area contributed by atoms with E-state index in [2.05, 4.69) is 71.5 Å². The maximum absolute atomic E-state index is 10.5. The molecule has 0 aromatic heterocycles. The van der Waals surface area contributed by atoms with Crippen molar-refractivity contribution < 1.29 is 5.11 Å². The van der Waals surface area contributed by atoms with Gasteiger partial charge in [0, 0.05) is 28.2 Å². The van der Waals surface area contributed by atoms with Crippen molar-refractivity contribution in [1.29, 1.82) is 0 Å². The number of nitrogens with one attached hydrogen (secondary N) is 1. The summed E-state index contributed by atoms with van der Waals surface area (Å²) in [5, 5.41) is 14.1. The van der Waals surface area contributed by atoms with Crippen LogP contribution in [-0.4, -0.2) is 10.8 Å². The summed E-state index contributed by atoms with van der Waals surface area (Å²) >= 11 is 3.53. The molecule has 3 aromatic carbocycles. The van der Waals surface area contributed by atoms with E-state index >= 15 is 0 Å². The average molecular weight is 435 g/mol. The fourth-order valence-electron chi connectivity index (χ4n) is 3.68. The normalized spacial score (nSPS) is 19.3. The molecule has 0 amide bonds. The highest BCUT2D eigenvalue weighted by molar-refractivity contribution is 9.10. The molecule has 0 saturated heterocycles. The maximum atomic E-state index is 10.5. The molecule has 0 radical (unpaired) electrons. The minimum absolute atomic E-state index is 0.0316. The van der Waals surface area contributed by atoms with E-state index in [0.29, 0.717) is 5.75 Å². The second-order valence-electron chi connectivity index (χ2n) is 7.33. The summed E-state index contributed by atoms with van der Waals surface area (Å²) < 4.78 is 0.953. The van der Waals surface area contributed by atoms with Crippen molar-refractivity contribution in [2.75, 3.05) is 0 Å². The Labute approximate surface area is 174 Å². The number of hydrogen-bond acceptors (Lipinski definition) is 3. The van der Waals surface area contributed by atoms with Crippen LogP contribution in [0.2, 0.25) is 0 Å². The van der Waals surface area contributed by atoms with Gasteiger partial charge in [0.05, 0.1) is 0 Å². The molecule has 0 fully saturated rings. The smallest absolute Gasteiger partial charge is 0.126 e. The molecule has 1 heterocycles. The van der Waals surface area contributed by atoms with E-state index in [1.54, 1.807) is 6.07 Å². The van der Waals surface area contributed by atoms with Crippen LogP contribution in [0.4, 0.5) is 0 Å². The first-order chi connectivity index (χ1) is 13.5. The summed E-state index contributed by atoms with van der Waals surface area (Å²) in [4.78, 5) is 5.05. The zero-order valence-electron chi connectivity index (χ0n) is 16.0. The van der Waals surface area contributed by atoms with Gasteiger partial charge in [-0.3, -0.25) is 10.3 Å². The van der Waals surface area contributed by atoms with Crippen LogP contribution < -0.4 is 5.32 Å². The first kappa shape index (κ1) is 18.9. The number of aliphatic imine (C=N–C) groups is 1. The fourth-order valence-corrected chi connectivity index (χ4v) is 4.06. The van der Waals surface area contributed by atoms with Gasteiger partial charge in [-0.1, -0.05) is 70.0 Å². The van der Waals surface area contributed by atoms with Gasteiger partial charge in [-0.2, -0.15) is 0 Å². The number of halogens is 1. The predicted molar refractivity (Wildman–Crippen MR) is 118 cm³/mol. The highest BCUT2D eigenvalue weighted by atomic mass is 79.9. The van der Waals surface area contributed by atoms with Gasteiger partial charge in [0.2, 0.25) is 0 Å². The van der Waals surface area contributed by atoms with Crippen LogP contribution in [0, 0.1) is 13.8 Å². The van der Waals surface area contributed by atoms with Gasteiger partial charge >= 0.3 is 0 Å². The van der Waals surface area contributed by atoms with E-state index in [1.807, 2.05) is 24.3 Å². The molecule has 0 unspecified atom stereocenters. The highest BCUT2D eigenvalue weighted by Gasteiger charge is 2.28. The first-order valence-electron chi connectivity index (χ1n) is 9.45. The van der Waals surface area contributed by atoms with E-state index in [1.165, 1.54) is 11.1 Å². The zero-order valence-corrected chi connectivity index (χ0v) is 17.6. The van der Waals surface area contributed by atoms with Crippen LogP contribution in [0.3, 0.4) is 0 Å². The number of phenolic OH excluding ortho intramolecular Hbond substituents is 1. The lowest BCUT2D eigenvalue weighted by Gasteiger charge is -2.31. The summed E-state index contributed by atoms with van der Waals surface area (Å²) in [6.45, 7) is 4.20. The third-order valence-electron chi connectivity index (χ3n) is 5.27. The molecule has 2 N–H and O–H groups in total. The van der Waals surface area contributed by atoms with E-state index < -0.39 is 0 Å². The van der Waals surface area contributed by atoms with Gasteiger partial charge in [0.25, 0.3) is 0 Å². The minimum Gasteiger partial charge on any atom is -0.508 e. The topological polar surface area (TPSA) is 44.6 Å². The van der Waals surface area contributed by atoms with Gasteiger partial charge in [-0.25, -0.2) is 0 Å². The monoisotopic (exact) mass is 434 g/mol. The van der Waals surface area contributed by atoms with E-state index in [-0.39, 0.29) is 12.2 Å². The Kier molecular flexibility index (Phi) is 5.33. The lowest BCUT2D eigenvalue weighted by molar-refractivity contribution is 0.412. The van der Waals surface area contributed by atoms with Gasteiger partial charge in [0.15, 0.2) is 0 Å². The van der Waals surface area contributed by atoms with Crippen molar-refractivity contribution in [2.45, 2.75) is 32.5 Å². The van der Waals surface area contributed by atoms with Crippen molar-refractivity contribution in [3.63, 3.8) is 0 Å². The number of rotatable bonds is 3. The van der Waals surface area contributed by atoms with Gasteiger partial charge in [-0.15, -0.1) is 0 Å². The summed E-state index contributed by atoms with van der Waals surface area (Å²) in [7, 11) is 0. The van der Waals surface area contributed by atoms with Crippen molar-refractivity contribution in [3.8, 4) is 5.75 Å². The largest absolute Gasteiger partial charge is 0.508 e. The standard InChI is InChI=1S/C24H23BrN2O/c1-15-7-9-17(10-8-15)21-14-22(20-13-18(25)11-12-23(20)28)27-24(26-21)19-6-4-3-5-16(19)2/h3-13,22,24,27-28H,14H2,1-2H3/t22-,24-/m1/s1. The number of aromatic hydroxyl groups is 1. The van der Waals surface area contributed by atoms with Crippen LogP contribution in [0.25, 0.3) is 0 Å². The molecule has 4 heteroatoms. The molecule has 28 heavy (non-hydrogen) atoms. The molecule has 0 spiro atoms. The molecule has 0 saturated carbocycles. The summed E-state index contributed by atoms with van der Waals surface area (Å²) in [5.41, 5.74) is 6.65. The lowest BCUT2D eigenvalue weighted by atomic mass is 9.92. The Balaban J connectivity index is 1.79. The Bertz CT molecular complexity index is 1030. The zero-order chi connectivity index (χ0) is 19.7. The number of aryl methyl sites for hydroxylation is 2. The molecular formula is C24H23BrN2O. The summed E-state index contributed by atoms with van der Waals surface area (Å²) in [6, 6.07) is 22.4. The predicted octanol–water partition coefficient (Wildman–Crippen LogP) is 5.99. The lowest BCUT2D eigenvalue weighted by Crippen LogP contribution is -2.33. The van der Waals surface area contributed by atoms with Gasteiger partial charge in [0.1, 0.15) is 11.9 Å². The van der Waals surface area contributed by atoms with Crippen LogP contribution >= 0.6 is 15.9 Å². The van der Waals surface area contributed by atoms with Crippen LogP contribution in [0.5, 0.6) is 5.75 Å². The second kappa shape index (κ2) is 7.90. The van der Waals surface area contributed by atoms with E-state index in [0.717, 1.165) is 33.3 Å². The Morgan fingerprint density at radius 3 is 2.46 bits per heavy atom. The Hall–Kier alpha value is -2.43. The molecule has 4 rings (SSSR count). The number of nitrogens with zero attached hydrogens (tertiary/aromatic N) is 1. The number of phenols is 1. The van der Waals surface area contributed by atoms with Crippen LogP contribution in [0.15, 0.2) is 76.2 Å². The molecule has 0 bridgehead atoms. The van der Waals surface area contributed by atoms with Gasteiger partial charge < -0.3 is 5.11 Å². The Morgan fingerprint density at radius 1 is 0.964 bits per heavy atom. The molecule has 2 atom stereocenters. The average Bonchev–Trinajstić information content (AvgIpc) is 2.70. The minimum atomic E-state index is -0.158. The molecule has 0 aliphatic carbocycles. The van der Waals surface area contributed by atoms with Gasteiger partial charge in [-0.05, 0) is 48.7 Å². The first-order valence-corrected chi connectivity index (χ1v) is 10.2. The third kappa shape index (κ3) is 3.89. The van der Waals surface area contributed by atoms with Crippen LogP contribution in [-0.2, 0) is 0 Å². The Morgan fingerprint density at radius 2 is 1.71 bits per heavy atom. The summed E-state index contributed by atoms with van der Waals surface area (Å²) in [5.74, 6) is 0.300. The molecule has 3 nitrogen and oxygen atoms in total. The van der Waals surface area contributed by atoms with Crippen molar-refractivity contribution >= 4 is 21.6 Å². The van der Waals surface area contributed by atoms with E-state index in [9.17, 15) is 5.11 Å². The number of benzene rings is 3. The fraction of sp³-hybridized carbons (Fsp3) is 0.208.